The van der Waals surface area contributed by atoms with Crippen molar-refractivity contribution in [3.05, 3.63) is 54.6 Å². The van der Waals surface area contributed by atoms with Crippen molar-refractivity contribution in [1.82, 2.24) is 0 Å². The molecule has 0 amide bonds. The molecule has 0 aliphatic carbocycles. The maximum absolute atomic E-state index is 5.81. The fourth-order valence-corrected chi connectivity index (χ4v) is 2.20. The summed E-state index contributed by atoms with van der Waals surface area (Å²) in [5.74, 6) is 0.970. The van der Waals surface area contributed by atoms with E-state index in [9.17, 15) is 0 Å². The van der Waals surface area contributed by atoms with Gasteiger partial charge in [0.25, 0.3) is 0 Å². The van der Waals surface area contributed by atoms with Gasteiger partial charge in [-0.05, 0) is 29.8 Å². The van der Waals surface area contributed by atoms with Gasteiger partial charge in [-0.1, -0.05) is 42.5 Å². The van der Waals surface area contributed by atoms with Crippen molar-refractivity contribution >= 4 is 21.5 Å². The molecule has 0 saturated carbocycles. The Labute approximate surface area is 101 Å². The number of ether oxygens (including phenoxy) is 1. The third-order valence-corrected chi connectivity index (χ3v) is 2.93. The van der Waals surface area contributed by atoms with Crippen molar-refractivity contribution in [1.29, 1.82) is 0 Å². The van der Waals surface area contributed by atoms with Crippen molar-refractivity contribution in [2.24, 2.45) is 0 Å². The van der Waals surface area contributed by atoms with E-state index in [0.717, 1.165) is 16.5 Å². The van der Waals surface area contributed by atoms with Crippen molar-refractivity contribution in [2.75, 3.05) is 6.61 Å². The molecule has 1 heteroatoms. The molecule has 0 heterocycles. The van der Waals surface area contributed by atoms with Gasteiger partial charge >= 0.3 is 0 Å². The molecule has 17 heavy (non-hydrogen) atoms. The molecule has 0 aliphatic heterocycles. The second-order valence-electron chi connectivity index (χ2n) is 3.99. The zero-order valence-corrected chi connectivity index (χ0v) is 9.73. The van der Waals surface area contributed by atoms with Gasteiger partial charge in [0.05, 0.1) is 6.61 Å². The van der Waals surface area contributed by atoms with Crippen molar-refractivity contribution < 1.29 is 4.74 Å². The van der Waals surface area contributed by atoms with Crippen molar-refractivity contribution in [3.63, 3.8) is 0 Å². The van der Waals surface area contributed by atoms with Crippen LogP contribution >= 0.6 is 0 Å². The smallest absolute Gasteiger partial charge is 0.134 e. The van der Waals surface area contributed by atoms with Crippen LogP contribution in [0.1, 0.15) is 6.92 Å². The number of benzene rings is 3. The lowest BCUT2D eigenvalue weighted by molar-refractivity contribution is 0.348. The summed E-state index contributed by atoms with van der Waals surface area (Å²) in [5.41, 5.74) is 0. The average molecular weight is 221 g/mol. The summed E-state index contributed by atoms with van der Waals surface area (Å²) < 4.78 is 5.81. The largest absolute Gasteiger partial charge is 0.493 e. The lowest BCUT2D eigenvalue weighted by Gasteiger charge is -2.11. The van der Waals surface area contributed by atoms with Crippen LogP contribution in [0.15, 0.2) is 48.5 Å². The molecule has 3 rings (SSSR count). The van der Waals surface area contributed by atoms with Gasteiger partial charge in [-0.15, -0.1) is 0 Å². The molecule has 3 aromatic carbocycles. The van der Waals surface area contributed by atoms with E-state index in [1.165, 1.54) is 10.8 Å². The lowest BCUT2D eigenvalue weighted by Crippen LogP contribution is -1.93. The van der Waals surface area contributed by atoms with Crippen molar-refractivity contribution in [2.45, 2.75) is 6.92 Å². The Kier molecular flexibility index (Phi) is 2.45. The molecule has 0 unspecified atom stereocenters. The molecule has 0 bridgehead atoms. The van der Waals surface area contributed by atoms with Crippen LogP contribution in [0, 0.1) is 6.07 Å². The molecular weight excluding hydrogens is 208 g/mol. The van der Waals surface area contributed by atoms with Gasteiger partial charge in [-0.2, -0.15) is 0 Å². The van der Waals surface area contributed by atoms with Gasteiger partial charge in [-0.25, -0.2) is 0 Å². The second-order valence-corrected chi connectivity index (χ2v) is 3.99. The van der Waals surface area contributed by atoms with E-state index in [1.54, 1.807) is 0 Å². The normalized spacial score (nSPS) is 10.9. The van der Waals surface area contributed by atoms with Crippen LogP contribution in [0.3, 0.4) is 0 Å². The predicted molar refractivity (Wildman–Crippen MR) is 71.5 cm³/mol. The molecule has 0 aromatic heterocycles. The number of fused-ring (bicyclic) bond motifs is 2. The molecule has 1 nitrogen and oxygen atoms in total. The van der Waals surface area contributed by atoms with Gasteiger partial charge in [0, 0.05) is 10.8 Å². The zero-order valence-electron chi connectivity index (χ0n) is 9.73. The number of hydrogen-bond acceptors (Lipinski definition) is 1. The summed E-state index contributed by atoms with van der Waals surface area (Å²) in [6.07, 6.45) is 0. The van der Waals surface area contributed by atoms with Gasteiger partial charge in [0.2, 0.25) is 0 Å². The Morgan fingerprint density at radius 3 is 2.76 bits per heavy atom. The fraction of sp³-hybridized carbons (Fsp3) is 0.125. The van der Waals surface area contributed by atoms with Gasteiger partial charge in [-0.3, -0.25) is 0 Å². The van der Waals surface area contributed by atoms with Gasteiger partial charge in [0.15, 0.2) is 0 Å². The highest BCUT2D eigenvalue weighted by Gasteiger charge is 2.07. The van der Waals surface area contributed by atoms with E-state index in [-0.39, 0.29) is 0 Å². The molecule has 0 atom stereocenters. The quantitative estimate of drug-likeness (QED) is 0.589. The zero-order chi connectivity index (χ0) is 11.7. The third kappa shape index (κ3) is 1.64. The first-order valence-electron chi connectivity index (χ1n) is 5.85. The van der Waals surface area contributed by atoms with Crippen LogP contribution in [0.2, 0.25) is 0 Å². The first kappa shape index (κ1) is 10.2. The first-order chi connectivity index (χ1) is 8.40. The van der Waals surface area contributed by atoms with Crippen molar-refractivity contribution in [3.8, 4) is 5.75 Å². The Morgan fingerprint density at radius 1 is 1.06 bits per heavy atom. The summed E-state index contributed by atoms with van der Waals surface area (Å²) in [6, 6.07) is 19.8. The van der Waals surface area contributed by atoms with E-state index >= 15 is 0 Å². The van der Waals surface area contributed by atoms with Crippen LogP contribution < -0.4 is 4.74 Å². The molecule has 0 aliphatic rings. The molecule has 83 valence electrons. The Hall–Kier alpha value is -2.02. The van der Waals surface area contributed by atoms with E-state index in [0.29, 0.717) is 6.61 Å². The van der Waals surface area contributed by atoms with E-state index in [4.69, 9.17) is 4.74 Å². The number of hydrogen-bond donors (Lipinski definition) is 0. The number of rotatable bonds is 2. The maximum Gasteiger partial charge on any atom is 0.134 e. The topological polar surface area (TPSA) is 9.23 Å². The summed E-state index contributed by atoms with van der Waals surface area (Å²) >= 11 is 0. The van der Waals surface area contributed by atoms with Gasteiger partial charge in [0.1, 0.15) is 5.75 Å². The molecular formula is C16H13O. The summed E-state index contributed by atoms with van der Waals surface area (Å²) in [7, 11) is 0. The first-order valence-corrected chi connectivity index (χ1v) is 5.85. The minimum Gasteiger partial charge on any atom is -0.493 e. The van der Waals surface area contributed by atoms with Crippen LogP contribution in [-0.4, -0.2) is 6.61 Å². The highest BCUT2D eigenvalue weighted by molar-refractivity contribution is 6.05. The standard InChI is InChI=1S/C16H13O/c1-2-17-16-14-9-5-3-7-12(14)11-13-8-4-6-10-15(13)16/h3-7,9-11H,2H2,1H3. The molecule has 1 radical (unpaired) electrons. The molecule has 0 fully saturated rings. The highest BCUT2D eigenvalue weighted by atomic mass is 16.5. The fourth-order valence-electron chi connectivity index (χ4n) is 2.20. The lowest BCUT2D eigenvalue weighted by atomic mass is 10.0. The third-order valence-electron chi connectivity index (χ3n) is 2.93. The molecule has 3 aromatic rings. The molecule has 0 saturated heterocycles. The summed E-state index contributed by atoms with van der Waals surface area (Å²) in [5, 5.41) is 4.61. The van der Waals surface area contributed by atoms with Gasteiger partial charge < -0.3 is 4.74 Å². The molecule has 0 spiro atoms. The van der Waals surface area contributed by atoms with E-state index in [2.05, 4.69) is 30.3 Å². The van der Waals surface area contributed by atoms with Crippen LogP contribution in [0.5, 0.6) is 5.75 Å². The predicted octanol–water partition coefficient (Wildman–Crippen LogP) is 4.19. The minimum absolute atomic E-state index is 0.679. The maximum atomic E-state index is 5.81. The Morgan fingerprint density at radius 2 is 1.88 bits per heavy atom. The molecule has 0 N–H and O–H groups in total. The van der Waals surface area contributed by atoms with Crippen LogP contribution in [0.25, 0.3) is 21.5 Å². The van der Waals surface area contributed by atoms with Crippen LogP contribution in [0.4, 0.5) is 0 Å². The monoisotopic (exact) mass is 221 g/mol. The van der Waals surface area contributed by atoms with Crippen LogP contribution in [-0.2, 0) is 0 Å². The Bertz CT molecular complexity index is 616. The van der Waals surface area contributed by atoms with E-state index < -0.39 is 0 Å². The SMILES string of the molecule is CCOc1c2ccc[c]c2cc2ccccc12. The Balaban J connectivity index is 2.47. The summed E-state index contributed by atoms with van der Waals surface area (Å²) in [4.78, 5) is 0. The second kappa shape index (κ2) is 4.10. The highest BCUT2D eigenvalue weighted by Crippen LogP contribution is 2.34. The van der Waals surface area contributed by atoms with E-state index in [1.807, 2.05) is 31.2 Å². The minimum atomic E-state index is 0.679. The average Bonchev–Trinajstić information content (AvgIpc) is 2.39. The summed E-state index contributed by atoms with van der Waals surface area (Å²) in [6.45, 7) is 2.69.